The standard InChI is InChI=1S/C27H31BrClN3OS/c28-21-6-7-25(24(29)16-21)30-27(34)32-14-10-19(11-15-32)18-8-12-31(13-9-18)26(33)23-17-22(23)20-4-2-1-3-5-20/h1-7,16,18-19,22-23H,8-15,17H2,(H,30,34). The van der Waals surface area contributed by atoms with Crippen molar-refractivity contribution < 1.29 is 4.79 Å². The topological polar surface area (TPSA) is 35.6 Å². The van der Waals surface area contributed by atoms with E-state index in [2.05, 4.69) is 55.3 Å². The molecule has 3 aliphatic rings. The van der Waals surface area contributed by atoms with Crippen LogP contribution < -0.4 is 5.32 Å². The minimum absolute atomic E-state index is 0.204. The largest absolute Gasteiger partial charge is 0.349 e. The molecule has 0 bridgehead atoms. The Hall–Kier alpha value is -1.63. The van der Waals surface area contributed by atoms with E-state index < -0.39 is 0 Å². The second-order valence-corrected chi connectivity index (χ2v) is 11.6. The molecule has 2 unspecified atom stereocenters. The molecule has 2 aromatic carbocycles. The number of rotatable bonds is 4. The fourth-order valence-electron chi connectivity index (χ4n) is 5.72. The molecule has 4 nitrogen and oxygen atoms in total. The first-order chi connectivity index (χ1) is 16.5. The molecule has 0 radical (unpaired) electrons. The smallest absolute Gasteiger partial charge is 0.226 e. The fourth-order valence-corrected chi connectivity index (χ4v) is 6.73. The van der Waals surface area contributed by atoms with Gasteiger partial charge in [0, 0.05) is 36.6 Å². The molecule has 1 N–H and O–H groups in total. The predicted molar refractivity (Wildman–Crippen MR) is 146 cm³/mol. The summed E-state index contributed by atoms with van der Waals surface area (Å²) in [5, 5.41) is 4.72. The van der Waals surface area contributed by atoms with Gasteiger partial charge >= 0.3 is 0 Å². The molecule has 1 amide bonds. The van der Waals surface area contributed by atoms with Gasteiger partial charge in [0.05, 0.1) is 10.7 Å². The second kappa shape index (κ2) is 10.5. The number of thiocarbonyl (C=S) groups is 1. The molecule has 0 spiro atoms. The predicted octanol–water partition coefficient (Wildman–Crippen LogP) is 6.55. The van der Waals surface area contributed by atoms with Crippen LogP contribution in [0, 0.1) is 17.8 Å². The summed E-state index contributed by atoms with van der Waals surface area (Å²) in [5.41, 5.74) is 2.16. The molecule has 7 heteroatoms. The third-order valence-electron chi connectivity index (χ3n) is 7.85. The van der Waals surface area contributed by atoms with Gasteiger partial charge in [0.15, 0.2) is 5.11 Å². The van der Waals surface area contributed by atoms with Crippen LogP contribution in [-0.4, -0.2) is 47.0 Å². The highest BCUT2D eigenvalue weighted by atomic mass is 79.9. The zero-order valence-corrected chi connectivity index (χ0v) is 22.4. The molecule has 34 heavy (non-hydrogen) atoms. The SMILES string of the molecule is O=C(C1CC1c1ccccc1)N1CCC(C2CCN(C(=S)Nc3ccc(Br)cc3Cl)CC2)CC1. The van der Waals surface area contributed by atoms with Crippen molar-refractivity contribution >= 4 is 56.5 Å². The Bertz CT molecular complexity index is 1040. The van der Waals surface area contributed by atoms with Gasteiger partial charge in [-0.2, -0.15) is 0 Å². The molecule has 2 aromatic rings. The lowest BCUT2D eigenvalue weighted by molar-refractivity contribution is -0.134. The number of hydrogen-bond acceptors (Lipinski definition) is 2. The molecule has 2 heterocycles. The van der Waals surface area contributed by atoms with Crippen LogP contribution in [0.5, 0.6) is 0 Å². The van der Waals surface area contributed by atoms with Crippen molar-refractivity contribution in [3.05, 3.63) is 63.6 Å². The number of nitrogens with one attached hydrogen (secondary N) is 1. The normalized spacial score (nSPS) is 23.6. The van der Waals surface area contributed by atoms with Crippen LogP contribution in [-0.2, 0) is 4.79 Å². The molecule has 180 valence electrons. The highest BCUT2D eigenvalue weighted by Crippen LogP contribution is 2.49. The first-order valence-electron chi connectivity index (χ1n) is 12.3. The summed E-state index contributed by atoms with van der Waals surface area (Å²) in [4.78, 5) is 17.4. The lowest BCUT2D eigenvalue weighted by Gasteiger charge is -2.41. The van der Waals surface area contributed by atoms with Crippen molar-refractivity contribution in [1.82, 2.24) is 9.80 Å². The summed E-state index contributed by atoms with van der Waals surface area (Å²) in [5.74, 6) is 2.46. The van der Waals surface area contributed by atoms with E-state index in [1.54, 1.807) is 0 Å². The molecular formula is C27H31BrClN3OS. The molecule has 5 rings (SSSR count). The maximum absolute atomic E-state index is 13.0. The van der Waals surface area contributed by atoms with E-state index in [-0.39, 0.29) is 5.92 Å². The Morgan fingerprint density at radius 1 is 0.941 bits per heavy atom. The Morgan fingerprint density at radius 3 is 2.18 bits per heavy atom. The molecule has 1 aliphatic carbocycles. The van der Waals surface area contributed by atoms with Crippen molar-refractivity contribution in [2.24, 2.45) is 17.8 Å². The maximum atomic E-state index is 13.0. The molecule has 3 fully saturated rings. The Labute approximate surface area is 221 Å². The molecule has 2 aliphatic heterocycles. The third kappa shape index (κ3) is 5.44. The number of anilines is 1. The first kappa shape index (κ1) is 24.1. The van der Waals surface area contributed by atoms with Crippen molar-refractivity contribution in [2.45, 2.75) is 38.0 Å². The Balaban J connectivity index is 1.06. The average Bonchev–Trinajstić information content (AvgIpc) is 3.67. The molecule has 0 aromatic heterocycles. The van der Waals surface area contributed by atoms with E-state index in [0.717, 1.165) is 85.4 Å². The maximum Gasteiger partial charge on any atom is 0.226 e. The Morgan fingerprint density at radius 2 is 1.56 bits per heavy atom. The lowest BCUT2D eigenvalue weighted by Crippen LogP contribution is -2.45. The van der Waals surface area contributed by atoms with Gasteiger partial charge in [-0.25, -0.2) is 0 Å². The van der Waals surface area contributed by atoms with Crippen molar-refractivity contribution in [3.63, 3.8) is 0 Å². The van der Waals surface area contributed by atoms with Crippen LogP contribution in [0.15, 0.2) is 53.0 Å². The van der Waals surface area contributed by atoms with Gasteiger partial charge < -0.3 is 15.1 Å². The number of benzene rings is 2. The van der Waals surface area contributed by atoms with Crippen molar-refractivity contribution in [3.8, 4) is 0 Å². The summed E-state index contributed by atoms with van der Waals surface area (Å²) in [6.07, 6.45) is 5.60. The summed E-state index contributed by atoms with van der Waals surface area (Å²) in [7, 11) is 0. The number of halogens is 2. The number of likely N-dealkylation sites (tertiary alicyclic amines) is 2. The number of carbonyl (C=O) groups is 1. The van der Waals surface area contributed by atoms with E-state index in [9.17, 15) is 4.79 Å². The zero-order chi connectivity index (χ0) is 23.7. The molecular weight excluding hydrogens is 530 g/mol. The van der Waals surface area contributed by atoms with Crippen LogP contribution in [0.25, 0.3) is 0 Å². The quantitative estimate of drug-likeness (QED) is 0.430. The summed E-state index contributed by atoms with van der Waals surface area (Å²) in [6, 6.07) is 16.3. The van der Waals surface area contributed by atoms with Gasteiger partial charge in [0.25, 0.3) is 0 Å². The van der Waals surface area contributed by atoms with Gasteiger partial charge in [-0.05, 0) is 85.8 Å². The highest BCUT2D eigenvalue weighted by Gasteiger charge is 2.46. The van der Waals surface area contributed by atoms with Gasteiger partial charge in [0.1, 0.15) is 0 Å². The highest BCUT2D eigenvalue weighted by molar-refractivity contribution is 9.10. The monoisotopic (exact) mass is 559 g/mol. The fraction of sp³-hybridized carbons (Fsp3) is 0.481. The van der Waals surface area contributed by atoms with Gasteiger partial charge in [0.2, 0.25) is 5.91 Å². The van der Waals surface area contributed by atoms with Gasteiger partial charge in [-0.15, -0.1) is 0 Å². The van der Waals surface area contributed by atoms with Crippen molar-refractivity contribution in [2.75, 3.05) is 31.5 Å². The van der Waals surface area contributed by atoms with E-state index in [1.165, 1.54) is 5.56 Å². The zero-order valence-electron chi connectivity index (χ0n) is 19.3. The molecule has 2 atom stereocenters. The van der Waals surface area contributed by atoms with Crippen LogP contribution in [0.1, 0.15) is 43.6 Å². The summed E-state index contributed by atoms with van der Waals surface area (Å²) < 4.78 is 0.954. The number of hydrogen-bond donors (Lipinski definition) is 1. The minimum Gasteiger partial charge on any atom is -0.349 e. The molecule has 1 saturated carbocycles. The summed E-state index contributed by atoms with van der Waals surface area (Å²) >= 11 is 15.4. The number of carbonyl (C=O) groups excluding carboxylic acids is 1. The second-order valence-electron chi connectivity index (χ2n) is 9.90. The number of amides is 1. The van der Waals surface area contributed by atoms with Crippen molar-refractivity contribution in [1.29, 1.82) is 0 Å². The Kier molecular flexibility index (Phi) is 7.47. The van der Waals surface area contributed by atoms with E-state index >= 15 is 0 Å². The van der Waals surface area contributed by atoms with Crippen LogP contribution >= 0.6 is 39.7 Å². The van der Waals surface area contributed by atoms with E-state index in [4.69, 9.17) is 23.8 Å². The van der Waals surface area contributed by atoms with Crippen LogP contribution in [0.2, 0.25) is 5.02 Å². The summed E-state index contributed by atoms with van der Waals surface area (Å²) in [6.45, 7) is 3.79. The first-order valence-corrected chi connectivity index (χ1v) is 13.9. The third-order valence-corrected chi connectivity index (χ3v) is 9.02. The van der Waals surface area contributed by atoms with E-state index in [0.29, 0.717) is 16.8 Å². The number of piperidine rings is 2. The van der Waals surface area contributed by atoms with Crippen LogP contribution in [0.3, 0.4) is 0 Å². The average molecular weight is 561 g/mol. The van der Waals surface area contributed by atoms with Crippen LogP contribution in [0.4, 0.5) is 5.69 Å². The molecule has 2 saturated heterocycles. The van der Waals surface area contributed by atoms with Gasteiger partial charge in [-0.3, -0.25) is 4.79 Å². The minimum atomic E-state index is 0.204. The lowest BCUT2D eigenvalue weighted by atomic mass is 9.79. The van der Waals surface area contributed by atoms with Gasteiger partial charge in [-0.1, -0.05) is 57.9 Å². The number of nitrogens with zero attached hydrogens (tertiary/aromatic N) is 2. The van der Waals surface area contributed by atoms with E-state index in [1.807, 2.05) is 24.3 Å².